The summed E-state index contributed by atoms with van der Waals surface area (Å²) in [6.07, 6.45) is 0.230. The third-order valence-corrected chi connectivity index (χ3v) is 7.45. The molecule has 1 heterocycles. The van der Waals surface area contributed by atoms with Gasteiger partial charge in [-0.25, -0.2) is 9.18 Å². The summed E-state index contributed by atoms with van der Waals surface area (Å²) in [5.74, 6) is -4.93. The number of methoxy groups -OCH3 is 1. The Morgan fingerprint density at radius 3 is 2.55 bits per heavy atom. The van der Waals surface area contributed by atoms with Crippen molar-refractivity contribution < 1.29 is 43.6 Å². The van der Waals surface area contributed by atoms with E-state index in [9.17, 15) is 34.1 Å². The molecule has 0 bridgehead atoms. The first-order valence-electron chi connectivity index (χ1n) is 13.0. The number of hydrogen-bond acceptors (Lipinski definition) is 8. The van der Waals surface area contributed by atoms with Gasteiger partial charge in [0.25, 0.3) is 0 Å². The number of phenolic OH excluding ortho intramolecular Hbond substituents is 1. The molecule has 3 amide bonds. The lowest BCUT2D eigenvalue weighted by Gasteiger charge is -2.36. The highest BCUT2D eigenvalue weighted by molar-refractivity contribution is 6.16. The summed E-state index contributed by atoms with van der Waals surface area (Å²) in [6, 6.07) is 13.0. The van der Waals surface area contributed by atoms with E-state index in [4.69, 9.17) is 4.74 Å². The van der Waals surface area contributed by atoms with Gasteiger partial charge in [0.05, 0.1) is 31.7 Å². The van der Waals surface area contributed by atoms with E-state index in [0.717, 1.165) is 12.7 Å². The molecule has 1 aliphatic carbocycles. The molecule has 4 rings (SSSR count). The van der Waals surface area contributed by atoms with Gasteiger partial charge in [0.15, 0.2) is 11.6 Å². The number of amides is 3. The number of aliphatic hydroxyl groups is 2. The van der Waals surface area contributed by atoms with Crippen LogP contribution in [0.4, 0.5) is 9.18 Å². The van der Waals surface area contributed by atoms with Crippen molar-refractivity contribution >= 4 is 24.0 Å². The Morgan fingerprint density at radius 1 is 1.18 bits per heavy atom. The molecule has 2 aromatic carbocycles. The van der Waals surface area contributed by atoms with Crippen LogP contribution < -0.4 is 4.74 Å². The van der Waals surface area contributed by atoms with Crippen molar-refractivity contribution in [3.8, 4) is 11.5 Å². The van der Waals surface area contributed by atoms with Gasteiger partial charge < -0.3 is 24.8 Å². The molecule has 0 spiro atoms. The Kier molecular flexibility index (Phi) is 9.01. The predicted octanol–water partition coefficient (Wildman–Crippen LogP) is 3.83. The summed E-state index contributed by atoms with van der Waals surface area (Å²) in [7, 11) is 1.07. The van der Waals surface area contributed by atoms with Crippen molar-refractivity contribution in [2.24, 2.45) is 17.8 Å². The number of halogens is 1. The number of para-hydroxylation sites is 1. The van der Waals surface area contributed by atoms with Crippen molar-refractivity contribution in [1.29, 1.82) is 0 Å². The van der Waals surface area contributed by atoms with E-state index in [0.29, 0.717) is 33.8 Å². The number of allylic oxidation sites excluding steroid dienone is 1. The monoisotopic (exact) mass is 553 g/mol. The van der Waals surface area contributed by atoms with Gasteiger partial charge in [-0.2, -0.15) is 4.90 Å². The third kappa shape index (κ3) is 5.93. The lowest BCUT2D eigenvalue weighted by molar-refractivity contribution is -0.137. The summed E-state index contributed by atoms with van der Waals surface area (Å²) in [6.45, 7) is 1.30. The number of benzene rings is 2. The minimum Gasteiger partial charge on any atom is -0.505 e. The molecule has 0 aromatic heterocycles. The van der Waals surface area contributed by atoms with E-state index >= 15 is 0 Å². The van der Waals surface area contributed by atoms with E-state index < -0.39 is 59.9 Å². The molecule has 2 aromatic rings. The van der Waals surface area contributed by atoms with Gasteiger partial charge in [-0.05, 0) is 67.2 Å². The molecule has 1 aliphatic heterocycles. The zero-order chi connectivity index (χ0) is 29.0. The van der Waals surface area contributed by atoms with Crippen molar-refractivity contribution in [2.75, 3.05) is 20.3 Å². The van der Waals surface area contributed by atoms with Crippen LogP contribution in [-0.4, -0.2) is 64.6 Å². The highest BCUT2D eigenvalue weighted by Gasteiger charge is 2.57. The van der Waals surface area contributed by atoms with E-state index in [1.54, 1.807) is 36.4 Å². The molecule has 0 radical (unpaired) electrons. The summed E-state index contributed by atoms with van der Waals surface area (Å²) in [5.41, 5.74) is 2.36. The number of imide groups is 3. The number of aliphatic hydroxyl groups excluding tert-OH is 2. The Labute approximate surface area is 231 Å². The lowest BCUT2D eigenvalue weighted by Crippen LogP contribution is -2.40. The van der Waals surface area contributed by atoms with Crippen LogP contribution in [0.25, 0.3) is 6.08 Å². The molecule has 1 fully saturated rings. The van der Waals surface area contributed by atoms with Crippen molar-refractivity contribution in [3.63, 3.8) is 0 Å². The summed E-state index contributed by atoms with van der Waals surface area (Å²) < 4.78 is 24.3. The Bertz CT molecular complexity index is 1340. The SMILES string of the molecule is COC(=O)N1C(=O)[C@@H]2[C@@H](CC(COc3ccccc3)=C([C@H](O)CC/C(C)=C/c3ccc(O)c(F)c3)[C@@H]2CO)C1=O. The molecule has 1 saturated heterocycles. The number of carbonyl (C=O) groups is 3. The van der Waals surface area contributed by atoms with Crippen molar-refractivity contribution in [3.05, 3.63) is 76.6 Å². The number of ether oxygens (including phenoxy) is 2. The molecule has 9 nitrogen and oxygen atoms in total. The minimum atomic E-state index is -1.09. The number of phenols is 1. The highest BCUT2D eigenvalue weighted by atomic mass is 19.1. The first-order valence-corrected chi connectivity index (χ1v) is 13.0. The van der Waals surface area contributed by atoms with Crippen LogP contribution in [0, 0.1) is 23.6 Å². The van der Waals surface area contributed by atoms with Crippen LogP contribution in [0.1, 0.15) is 31.7 Å². The van der Waals surface area contributed by atoms with Crippen LogP contribution in [0.3, 0.4) is 0 Å². The molecular formula is C30H32FNO8. The van der Waals surface area contributed by atoms with Crippen LogP contribution in [0.2, 0.25) is 0 Å². The number of aromatic hydroxyl groups is 1. The van der Waals surface area contributed by atoms with Crippen LogP contribution >= 0.6 is 0 Å². The molecule has 212 valence electrons. The largest absolute Gasteiger partial charge is 0.505 e. The first kappa shape index (κ1) is 29.0. The Balaban J connectivity index is 1.62. The second kappa shape index (κ2) is 12.4. The summed E-state index contributed by atoms with van der Waals surface area (Å²) >= 11 is 0. The van der Waals surface area contributed by atoms with Crippen LogP contribution in [0.15, 0.2) is 65.3 Å². The average Bonchev–Trinajstić information content (AvgIpc) is 3.20. The maximum absolute atomic E-state index is 13.7. The van der Waals surface area contributed by atoms with E-state index in [1.165, 1.54) is 12.1 Å². The van der Waals surface area contributed by atoms with Gasteiger partial charge in [-0.15, -0.1) is 0 Å². The quantitative estimate of drug-likeness (QED) is 0.315. The predicted molar refractivity (Wildman–Crippen MR) is 142 cm³/mol. The zero-order valence-corrected chi connectivity index (χ0v) is 22.2. The number of carbonyl (C=O) groups excluding carboxylic acids is 3. The molecule has 2 aliphatic rings. The van der Waals surface area contributed by atoms with E-state index in [2.05, 4.69) is 4.74 Å². The maximum Gasteiger partial charge on any atom is 0.423 e. The van der Waals surface area contributed by atoms with Crippen molar-refractivity contribution in [2.45, 2.75) is 32.3 Å². The number of fused-ring (bicyclic) bond motifs is 1. The number of rotatable bonds is 9. The standard InChI is InChI=1S/C30H32FNO8/c1-17(12-18-9-11-24(34)23(31)13-18)8-10-25(35)26-19(16-40-20-6-4-3-5-7-20)14-21-27(22(26)15-33)29(37)32(28(21)36)30(38)39-2/h3-7,9,11-13,21-22,25,27,33-35H,8,10,14-16H2,1-2H3/b17-12+/t21-,22+,25-,27-/m1/s1. The van der Waals surface area contributed by atoms with E-state index in [-0.39, 0.29) is 19.4 Å². The van der Waals surface area contributed by atoms with Gasteiger partial charge in [-0.3, -0.25) is 9.59 Å². The fourth-order valence-corrected chi connectivity index (χ4v) is 5.54. The number of nitrogens with zero attached hydrogens (tertiary/aromatic N) is 1. The topological polar surface area (TPSA) is 134 Å². The number of likely N-dealkylation sites (tertiary alicyclic amines) is 1. The average molecular weight is 554 g/mol. The van der Waals surface area contributed by atoms with Crippen LogP contribution in [-0.2, 0) is 14.3 Å². The molecule has 3 N–H and O–H groups in total. The molecular weight excluding hydrogens is 521 g/mol. The summed E-state index contributed by atoms with van der Waals surface area (Å²) in [4.78, 5) is 39.0. The van der Waals surface area contributed by atoms with Gasteiger partial charge in [0, 0.05) is 5.92 Å². The van der Waals surface area contributed by atoms with Gasteiger partial charge in [0.1, 0.15) is 12.4 Å². The normalized spacial score (nSPS) is 21.9. The third-order valence-electron chi connectivity index (χ3n) is 7.45. The lowest BCUT2D eigenvalue weighted by atomic mass is 9.68. The van der Waals surface area contributed by atoms with E-state index in [1.807, 2.05) is 13.0 Å². The Morgan fingerprint density at radius 2 is 1.90 bits per heavy atom. The molecule has 10 heteroatoms. The number of hydrogen-bond donors (Lipinski definition) is 3. The fourth-order valence-electron chi connectivity index (χ4n) is 5.54. The summed E-state index contributed by atoms with van der Waals surface area (Å²) in [5, 5.41) is 31.2. The minimum absolute atomic E-state index is 0.0113. The maximum atomic E-state index is 13.7. The zero-order valence-electron chi connectivity index (χ0n) is 22.2. The molecule has 4 atom stereocenters. The highest BCUT2D eigenvalue weighted by Crippen LogP contribution is 2.46. The fraction of sp³-hybridized carbons (Fsp3) is 0.367. The first-order chi connectivity index (χ1) is 19.2. The van der Waals surface area contributed by atoms with Crippen molar-refractivity contribution in [1.82, 2.24) is 4.90 Å². The second-order valence-corrected chi connectivity index (χ2v) is 10.0. The second-order valence-electron chi connectivity index (χ2n) is 10.0. The van der Waals surface area contributed by atoms with Gasteiger partial charge in [0.2, 0.25) is 11.8 Å². The molecule has 0 saturated carbocycles. The smallest absolute Gasteiger partial charge is 0.423 e. The molecule has 40 heavy (non-hydrogen) atoms. The van der Waals surface area contributed by atoms with Crippen LogP contribution in [0.5, 0.6) is 11.5 Å². The van der Waals surface area contributed by atoms with Gasteiger partial charge >= 0.3 is 6.09 Å². The van der Waals surface area contributed by atoms with Gasteiger partial charge in [-0.1, -0.05) is 35.9 Å². The Hall–Kier alpha value is -4.02. The molecule has 0 unspecified atom stereocenters.